The van der Waals surface area contributed by atoms with Crippen LogP contribution in [-0.4, -0.2) is 23.8 Å². The van der Waals surface area contributed by atoms with Gasteiger partial charge in [-0.3, -0.25) is 14.9 Å². The van der Waals surface area contributed by atoms with Crippen molar-refractivity contribution in [3.63, 3.8) is 0 Å². The molecule has 0 aliphatic heterocycles. The van der Waals surface area contributed by atoms with Crippen LogP contribution in [0.4, 0.5) is 15.8 Å². The van der Waals surface area contributed by atoms with Gasteiger partial charge in [-0.25, -0.2) is 4.39 Å². The van der Waals surface area contributed by atoms with E-state index in [0.29, 0.717) is 25.7 Å². The summed E-state index contributed by atoms with van der Waals surface area (Å²) in [5, 5.41) is 11.1. The Labute approximate surface area is 129 Å². The summed E-state index contributed by atoms with van der Waals surface area (Å²) in [6.45, 7) is 0. The van der Waals surface area contributed by atoms with E-state index in [1.54, 1.807) is 34.5 Å². The summed E-state index contributed by atoms with van der Waals surface area (Å²) in [6, 6.07) is 2.48. The maximum absolute atomic E-state index is 13.7. The molecule has 2 rings (SSSR count). The standard InChI is InChI=1S/C13H14FIN2O3/c1-16(8-2-4-9(18)5-3-8)12-6-10(14)11(15)7-13(12)17(19)20/h6-8H,2-5H2,1H3. The van der Waals surface area contributed by atoms with E-state index in [0.717, 1.165) is 0 Å². The molecule has 0 bridgehead atoms. The summed E-state index contributed by atoms with van der Waals surface area (Å²) in [7, 11) is 1.72. The van der Waals surface area contributed by atoms with Crippen molar-refractivity contribution in [3.8, 4) is 0 Å². The second-order valence-electron chi connectivity index (χ2n) is 4.89. The molecule has 0 heterocycles. The minimum absolute atomic E-state index is 0.0332. The fourth-order valence-corrected chi connectivity index (χ4v) is 2.91. The first-order valence-corrected chi connectivity index (χ1v) is 7.36. The molecule has 0 spiro atoms. The third-order valence-corrected chi connectivity index (χ3v) is 4.48. The average Bonchev–Trinajstić information content (AvgIpc) is 2.41. The van der Waals surface area contributed by atoms with Crippen LogP contribution in [0.3, 0.4) is 0 Å². The molecule has 0 N–H and O–H groups in total. The largest absolute Gasteiger partial charge is 0.366 e. The van der Waals surface area contributed by atoms with Crippen LogP contribution < -0.4 is 4.90 Å². The lowest BCUT2D eigenvalue weighted by molar-refractivity contribution is -0.384. The van der Waals surface area contributed by atoms with Crippen molar-refractivity contribution in [2.75, 3.05) is 11.9 Å². The molecule has 1 fully saturated rings. The van der Waals surface area contributed by atoms with Crippen LogP contribution in [0, 0.1) is 19.5 Å². The highest BCUT2D eigenvalue weighted by atomic mass is 127. The Balaban J connectivity index is 2.33. The zero-order chi connectivity index (χ0) is 14.9. The summed E-state index contributed by atoms with van der Waals surface area (Å²) in [5.41, 5.74) is 0.169. The second kappa shape index (κ2) is 6.02. The number of Topliss-reactive ketones (excluding diaryl/α,β-unsaturated/α-hetero) is 1. The number of halogens is 2. The van der Waals surface area contributed by atoms with E-state index in [4.69, 9.17) is 0 Å². The number of benzene rings is 1. The highest BCUT2D eigenvalue weighted by Crippen LogP contribution is 2.34. The van der Waals surface area contributed by atoms with Gasteiger partial charge in [0.2, 0.25) is 0 Å². The number of carbonyl (C=O) groups excluding carboxylic acids is 1. The van der Waals surface area contributed by atoms with Gasteiger partial charge >= 0.3 is 0 Å². The Morgan fingerprint density at radius 2 is 2.00 bits per heavy atom. The Bertz CT molecular complexity index is 555. The van der Waals surface area contributed by atoms with Crippen molar-refractivity contribution >= 4 is 39.7 Å². The molecule has 0 radical (unpaired) electrons. The topological polar surface area (TPSA) is 63.4 Å². The molecule has 0 atom stereocenters. The van der Waals surface area contributed by atoms with Gasteiger partial charge in [-0.2, -0.15) is 0 Å². The number of anilines is 1. The molecule has 1 aromatic carbocycles. The Morgan fingerprint density at radius 1 is 1.40 bits per heavy atom. The molecule has 1 aliphatic rings. The first kappa shape index (κ1) is 15.1. The van der Waals surface area contributed by atoms with Gasteiger partial charge in [-0.05, 0) is 35.4 Å². The molecule has 0 unspecified atom stereocenters. The quantitative estimate of drug-likeness (QED) is 0.450. The number of hydrogen-bond donors (Lipinski definition) is 0. The highest BCUT2D eigenvalue weighted by Gasteiger charge is 2.27. The van der Waals surface area contributed by atoms with Crippen molar-refractivity contribution in [1.82, 2.24) is 0 Å². The van der Waals surface area contributed by atoms with Crippen molar-refractivity contribution in [1.29, 1.82) is 0 Å². The minimum atomic E-state index is -0.499. The van der Waals surface area contributed by atoms with Gasteiger partial charge in [0.15, 0.2) is 0 Å². The van der Waals surface area contributed by atoms with E-state index in [-0.39, 0.29) is 26.8 Å². The van der Waals surface area contributed by atoms with Crippen molar-refractivity contribution < 1.29 is 14.1 Å². The maximum Gasteiger partial charge on any atom is 0.293 e. The Morgan fingerprint density at radius 3 is 2.55 bits per heavy atom. The predicted molar refractivity (Wildman–Crippen MR) is 81.4 cm³/mol. The van der Waals surface area contributed by atoms with Crippen LogP contribution in [-0.2, 0) is 4.79 Å². The fraction of sp³-hybridized carbons (Fsp3) is 0.462. The smallest absolute Gasteiger partial charge is 0.293 e. The number of nitrogens with zero attached hydrogens (tertiary/aromatic N) is 2. The van der Waals surface area contributed by atoms with Gasteiger partial charge in [-0.1, -0.05) is 0 Å². The number of carbonyl (C=O) groups is 1. The van der Waals surface area contributed by atoms with Crippen molar-refractivity contribution in [2.24, 2.45) is 0 Å². The van der Waals surface area contributed by atoms with E-state index < -0.39 is 10.7 Å². The molecule has 1 aliphatic carbocycles. The van der Waals surface area contributed by atoms with Gasteiger partial charge in [0.25, 0.3) is 5.69 Å². The van der Waals surface area contributed by atoms with Gasteiger partial charge in [-0.15, -0.1) is 0 Å². The third kappa shape index (κ3) is 3.08. The fourth-order valence-electron chi connectivity index (χ4n) is 2.46. The first-order chi connectivity index (χ1) is 9.40. The molecule has 5 nitrogen and oxygen atoms in total. The number of hydrogen-bond acceptors (Lipinski definition) is 4. The van der Waals surface area contributed by atoms with E-state index in [2.05, 4.69) is 0 Å². The first-order valence-electron chi connectivity index (χ1n) is 6.28. The van der Waals surface area contributed by atoms with E-state index in [1.165, 1.54) is 12.1 Å². The number of nitro benzene ring substituents is 1. The predicted octanol–water partition coefficient (Wildman–Crippen LogP) is 3.29. The van der Waals surface area contributed by atoms with Crippen LogP contribution in [0.15, 0.2) is 12.1 Å². The van der Waals surface area contributed by atoms with Crippen molar-refractivity contribution in [3.05, 3.63) is 31.6 Å². The normalized spacial score (nSPS) is 16.2. The lowest BCUT2D eigenvalue weighted by atomic mass is 9.93. The molecule has 0 amide bonds. The molecule has 0 saturated heterocycles. The molecule has 108 valence electrons. The Kier molecular flexibility index (Phi) is 4.56. The zero-order valence-corrected chi connectivity index (χ0v) is 13.1. The molecule has 1 saturated carbocycles. The van der Waals surface area contributed by atoms with Gasteiger partial charge in [0, 0.05) is 38.1 Å². The highest BCUT2D eigenvalue weighted by molar-refractivity contribution is 14.1. The molecular formula is C13H14FIN2O3. The minimum Gasteiger partial charge on any atom is -0.366 e. The van der Waals surface area contributed by atoms with Gasteiger partial charge in [0.05, 0.1) is 8.49 Å². The van der Waals surface area contributed by atoms with E-state index >= 15 is 0 Å². The summed E-state index contributed by atoms with van der Waals surface area (Å²) in [6.07, 6.45) is 2.27. The molecule has 1 aromatic rings. The average molecular weight is 392 g/mol. The van der Waals surface area contributed by atoms with Crippen LogP contribution in [0.1, 0.15) is 25.7 Å². The number of ketones is 1. The molecule has 7 heteroatoms. The van der Waals surface area contributed by atoms with Crippen LogP contribution in [0.5, 0.6) is 0 Å². The summed E-state index contributed by atoms with van der Waals surface area (Å²) < 4.78 is 13.9. The third-order valence-electron chi connectivity index (χ3n) is 3.65. The molecule has 0 aromatic heterocycles. The summed E-state index contributed by atoms with van der Waals surface area (Å²) in [4.78, 5) is 23.6. The Hall–Kier alpha value is -1.25. The van der Waals surface area contributed by atoms with Gasteiger partial charge in [0.1, 0.15) is 17.3 Å². The van der Waals surface area contributed by atoms with Crippen LogP contribution >= 0.6 is 22.6 Å². The zero-order valence-electron chi connectivity index (χ0n) is 10.9. The number of nitro groups is 1. The molecule has 20 heavy (non-hydrogen) atoms. The van der Waals surface area contributed by atoms with Crippen LogP contribution in [0.25, 0.3) is 0 Å². The van der Waals surface area contributed by atoms with E-state index in [9.17, 15) is 19.3 Å². The lowest BCUT2D eigenvalue weighted by Crippen LogP contribution is -2.35. The monoisotopic (exact) mass is 392 g/mol. The summed E-state index contributed by atoms with van der Waals surface area (Å²) >= 11 is 1.74. The lowest BCUT2D eigenvalue weighted by Gasteiger charge is -2.32. The number of rotatable bonds is 3. The van der Waals surface area contributed by atoms with Gasteiger partial charge < -0.3 is 4.90 Å². The SMILES string of the molecule is CN(c1cc(F)c(I)cc1[N+](=O)[O-])C1CCC(=O)CC1. The molecular weight excluding hydrogens is 378 g/mol. The maximum atomic E-state index is 13.7. The van der Waals surface area contributed by atoms with E-state index in [1.807, 2.05) is 0 Å². The van der Waals surface area contributed by atoms with Crippen molar-refractivity contribution in [2.45, 2.75) is 31.7 Å². The summed E-state index contributed by atoms with van der Waals surface area (Å²) in [5.74, 6) is -0.247. The van der Waals surface area contributed by atoms with Crippen LogP contribution in [0.2, 0.25) is 0 Å². The second-order valence-corrected chi connectivity index (χ2v) is 6.06.